The number of carboxylic acid groups (broad SMARTS) is 1. The molecule has 2 fully saturated rings. The fraction of sp³-hybridized carbons (Fsp3) is 0.529. The summed E-state index contributed by atoms with van der Waals surface area (Å²) in [5.74, 6) is -0.288. The van der Waals surface area contributed by atoms with E-state index in [9.17, 15) is 9.59 Å². The average Bonchev–Trinajstić information content (AvgIpc) is 2.84. The lowest BCUT2D eigenvalue weighted by molar-refractivity contribution is -0.138. The van der Waals surface area contributed by atoms with Gasteiger partial charge in [0, 0.05) is 25.6 Å². The number of fused-ring (bicyclic) bond motifs is 3. The van der Waals surface area contributed by atoms with Gasteiger partial charge in [-0.3, -0.25) is 14.5 Å². The van der Waals surface area contributed by atoms with Crippen molar-refractivity contribution in [3.8, 4) is 5.75 Å². The normalized spacial score (nSPS) is 24.3. The van der Waals surface area contributed by atoms with Gasteiger partial charge in [0.25, 0.3) is 5.91 Å². The van der Waals surface area contributed by atoms with Gasteiger partial charge in [-0.25, -0.2) is 0 Å². The molecule has 1 amide bonds. The van der Waals surface area contributed by atoms with Crippen LogP contribution in [0, 0.1) is 5.92 Å². The van der Waals surface area contributed by atoms with Crippen molar-refractivity contribution in [2.75, 3.05) is 46.5 Å². The molecule has 1 aromatic carbocycles. The molecule has 1 N–H and O–H groups in total. The predicted octanol–water partition coefficient (Wildman–Crippen LogP) is 0.553. The van der Waals surface area contributed by atoms with Crippen LogP contribution in [0.25, 0.3) is 0 Å². The number of methoxy groups -OCH3 is 1. The largest absolute Gasteiger partial charge is 0.496 e. The number of carboxylic acids is 1. The van der Waals surface area contributed by atoms with Gasteiger partial charge >= 0.3 is 5.97 Å². The smallest absolute Gasteiger partial charge is 0.317 e. The number of rotatable bonds is 4. The highest BCUT2D eigenvalue weighted by Crippen LogP contribution is 2.25. The Morgan fingerprint density at radius 2 is 2.04 bits per heavy atom. The number of hydrogen-bond donors (Lipinski definition) is 1. The van der Waals surface area contributed by atoms with Crippen molar-refractivity contribution in [2.24, 2.45) is 5.92 Å². The monoisotopic (exact) mass is 334 g/mol. The maximum absolute atomic E-state index is 13.1. The second-order valence-electron chi connectivity index (χ2n) is 6.30. The van der Waals surface area contributed by atoms with E-state index in [-0.39, 0.29) is 24.4 Å². The zero-order valence-electron chi connectivity index (χ0n) is 13.7. The standard InChI is InChI=1S/C17H22N2O5/c1-23-15-5-3-2-4-14(15)17(22)19-7-12-6-18(9-16(20)21)8-13(19)11-24-10-12/h2-5,12-13H,6-11H2,1H3,(H,20,21)/t12-,13-/m0/s1. The summed E-state index contributed by atoms with van der Waals surface area (Å²) < 4.78 is 11.0. The molecular formula is C17H22N2O5. The molecular weight excluding hydrogens is 312 g/mol. The minimum absolute atomic E-state index is 0.0102. The summed E-state index contributed by atoms with van der Waals surface area (Å²) in [5, 5.41) is 9.07. The molecule has 2 aliphatic heterocycles. The molecule has 0 aliphatic carbocycles. The number of benzene rings is 1. The van der Waals surface area contributed by atoms with E-state index in [1.165, 1.54) is 0 Å². The third-order valence-electron chi connectivity index (χ3n) is 4.50. The van der Waals surface area contributed by atoms with E-state index in [1.54, 1.807) is 19.2 Å². The molecule has 7 nitrogen and oxygen atoms in total. The van der Waals surface area contributed by atoms with Crippen molar-refractivity contribution in [1.29, 1.82) is 0 Å². The molecule has 0 radical (unpaired) electrons. The number of carbonyl (C=O) groups excluding carboxylic acids is 1. The number of aliphatic carboxylic acids is 1. The van der Waals surface area contributed by atoms with E-state index in [2.05, 4.69) is 0 Å². The Bertz CT molecular complexity index is 621. The average molecular weight is 334 g/mol. The summed E-state index contributed by atoms with van der Waals surface area (Å²) in [6, 6.07) is 7.01. The first-order valence-electron chi connectivity index (χ1n) is 8.04. The number of amides is 1. The molecule has 2 atom stereocenters. The van der Waals surface area contributed by atoms with E-state index in [1.807, 2.05) is 21.9 Å². The fourth-order valence-corrected chi connectivity index (χ4v) is 3.49. The molecule has 0 spiro atoms. The summed E-state index contributed by atoms with van der Waals surface area (Å²) >= 11 is 0. The van der Waals surface area contributed by atoms with Crippen LogP contribution in [-0.4, -0.2) is 79.3 Å². The van der Waals surface area contributed by atoms with Crippen molar-refractivity contribution >= 4 is 11.9 Å². The Morgan fingerprint density at radius 3 is 2.79 bits per heavy atom. The Kier molecular flexibility index (Phi) is 5.01. The number of hydrogen-bond acceptors (Lipinski definition) is 5. The summed E-state index contributed by atoms with van der Waals surface area (Å²) in [5.41, 5.74) is 0.525. The molecule has 0 unspecified atom stereocenters. The van der Waals surface area contributed by atoms with Crippen LogP contribution >= 0.6 is 0 Å². The van der Waals surface area contributed by atoms with E-state index < -0.39 is 5.97 Å². The van der Waals surface area contributed by atoms with Gasteiger partial charge < -0.3 is 19.5 Å². The number of nitrogens with zero attached hydrogens (tertiary/aromatic N) is 2. The van der Waals surface area contributed by atoms with Crippen LogP contribution in [0.15, 0.2) is 24.3 Å². The lowest BCUT2D eigenvalue weighted by Gasteiger charge is -2.30. The van der Waals surface area contributed by atoms with Crippen molar-refractivity contribution in [2.45, 2.75) is 6.04 Å². The van der Waals surface area contributed by atoms with Gasteiger partial charge in [0.15, 0.2) is 0 Å². The zero-order valence-corrected chi connectivity index (χ0v) is 13.7. The Balaban J connectivity index is 1.85. The van der Waals surface area contributed by atoms with Crippen LogP contribution in [0.2, 0.25) is 0 Å². The molecule has 2 saturated heterocycles. The first-order valence-corrected chi connectivity index (χ1v) is 8.04. The van der Waals surface area contributed by atoms with E-state index in [0.29, 0.717) is 44.2 Å². The summed E-state index contributed by atoms with van der Waals surface area (Å²) in [6.45, 7) is 2.65. The summed E-state index contributed by atoms with van der Waals surface area (Å²) in [7, 11) is 1.55. The molecule has 0 aromatic heterocycles. The molecule has 130 valence electrons. The van der Waals surface area contributed by atoms with E-state index >= 15 is 0 Å². The van der Waals surface area contributed by atoms with Gasteiger partial charge in [0.1, 0.15) is 5.75 Å². The second kappa shape index (κ2) is 7.19. The lowest BCUT2D eigenvalue weighted by Crippen LogP contribution is -2.47. The van der Waals surface area contributed by atoms with Gasteiger partial charge in [0.05, 0.1) is 38.5 Å². The minimum Gasteiger partial charge on any atom is -0.496 e. The molecule has 0 saturated carbocycles. The van der Waals surface area contributed by atoms with Crippen LogP contribution in [0.3, 0.4) is 0 Å². The van der Waals surface area contributed by atoms with Crippen LogP contribution < -0.4 is 4.74 Å². The molecule has 1 aromatic rings. The lowest BCUT2D eigenvalue weighted by atomic mass is 10.1. The van der Waals surface area contributed by atoms with Crippen molar-refractivity contribution in [3.05, 3.63) is 29.8 Å². The van der Waals surface area contributed by atoms with Crippen LogP contribution in [0.1, 0.15) is 10.4 Å². The number of carbonyl (C=O) groups is 2. The highest BCUT2D eigenvalue weighted by Gasteiger charge is 2.37. The van der Waals surface area contributed by atoms with Crippen LogP contribution in [0.5, 0.6) is 5.75 Å². The third kappa shape index (κ3) is 3.52. The van der Waals surface area contributed by atoms with E-state index in [0.717, 1.165) is 0 Å². The van der Waals surface area contributed by atoms with Gasteiger partial charge in [0.2, 0.25) is 0 Å². The first kappa shape index (κ1) is 16.7. The van der Waals surface area contributed by atoms with Gasteiger partial charge in [-0.2, -0.15) is 0 Å². The SMILES string of the molecule is COc1ccccc1C(=O)N1C[C@H]2COC[C@@H]1CN(CC(=O)O)C2. The Labute approximate surface area is 140 Å². The first-order chi connectivity index (χ1) is 11.6. The maximum atomic E-state index is 13.1. The van der Waals surface area contributed by atoms with E-state index in [4.69, 9.17) is 14.6 Å². The summed E-state index contributed by atoms with van der Waals surface area (Å²) in [4.78, 5) is 27.8. The predicted molar refractivity (Wildman–Crippen MR) is 86.2 cm³/mol. The van der Waals surface area contributed by atoms with Gasteiger partial charge in [-0.1, -0.05) is 12.1 Å². The van der Waals surface area contributed by atoms with Crippen LogP contribution in [0.4, 0.5) is 0 Å². The van der Waals surface area contributed by atoms with Gasteiger partial charge in [-0.05, 0) is 12.1 Å². The van der Waals surface area contributed by atoms with Gasteiger partial charge in [-0.15, -0.1) is 0 Å². The van der Waals surface area contributed by atoms with Crippen molar-refractivity contribution < 1.29 is 24.2 Å². The molecule has 2 aliphatic rings. The van der Waals surface area contributed by atoms with Crippen LogP contribution in [-0.2, 0) is 9.53 Å². The van der Waals surface area contributed by atoms with Crippen molar-refractivity contribution in [3.63, 3.8) is 0 Å². The highest BCUT2D eigenvalue weighted by molar-refractivity contribution is 5.97. The quantitative estimate of drug-likeness (QED) is 0.866. The highest BCUT2D eigenvalue weighted by atomic mass is 16.5. The zero-order chi connectivity index (χ0) is 17.1. The summed E-state index contributed by atoms with van der Waals surface area (Å²) in [6.07, 6.45) is 0. The molecule has 2 bridgehead atoms. The molecule has 3 rings (SSSR count). The third-order valence-corrected chi connectivity index (χ3v) is 4.50. The molecule has 7 heteroatoms. The fourth-order valence-electron chi connectivity index (χ4n) is 3.49. The molecule has 2 heterocycles. The topological polar surface area (TPSA) is 79.3 Å². The Hall–Kier alpha value is -2.12. The minimum atomic E-state index is -0.849. The Morgan fingerprint density at radius 1 is 1.25 bits per heavy atom. The second-order valence-corrected chi connectivity index (χ2v) is 6.30. The molecule has 24 heavy (non-hydrogen) atoms. The maximum Gasteiger partial charge on any atom is 0.317 e. The van der Waals surface area contributed by atoms with Crippen molar-refractivity contribution in [1.82, 2.24) is 9.80 Å². The number of para-hydroxylation sites is 1. The number of ether oxygens (including phenoxy) is 2.